The number of aliphatic hydroxyl groups excluding tert-OH is 1. The molecule has 0 bridgehead atoms. The van der Waals surface area contributed by atoms with Crippen molar-refractivity contribution in [3.8, 4) is 17.2 Å². The fraction of sp³-hybridized carbons (Fsp3) is 0.320. The number of hydrogen-bond acceptors (Lipinski definition) is 8. The molecule has 2 heterocycles. The number of aliphatic hydroxyl groups is 1. The first-order valence-corrected chi connectivity index (χ1v) is 11.2. The lowest BCUT2D eigenvalue weighted by Crippen LogP contribution is -2.31. The number of methoxy groups -OCH3 is 3. The highest BCUT2D eigenvalue weighted by Gasteiger charge is 2.36. The van der Waals surface area contributed by atoms with E-state index in [1.54, 1.807) is 38.1 Å². The lowest BCUT2D eigenvalue weighted by Gasteiger charge is -2.30. The maximum atomic E-state index is 13.6. The van der Waals surface area contributed by atoms with Gasteiger partial charge in [0.2, 0.25) is 5.95 Å². The van der Waals surface area contributed by atoms with Crippen LogP contribution in [-0.2, 0) is 11.2 Å². The number of amides is 1. The van der Waals surface area contributed by atoms with Gasteiger partial charge in [0.05, 0.1) is 26.9 Å². The normalized spacial score (nSPS) is 14.7. The molecule has 2 aromatic carbocycles. The first-order chi connectivity index (χ1) is 17.0. The van der Waals surface area contributed by atoms with Crippen molar-refractivity contribution in [3.05, 3.63) is 65.1 Å². The summed E-state index contributed by atoms with van der Waals surface area (Å²) in [7, 11) is 4.66. The maximum absolute atomic E-state index is 13.6. The second kappa shape index (κ2) is 10.5. The van der Waals surface area contributed by atoms with Gasteiger partial charge in [0.15, 0.2) is 17.3 Å². The molecule has 0 aliphatic carbocycles. The molecule has 1 atom stereocenters. The largest absolute Gasteiger partial charge is 0.496 e. The number of benzene rings is 2. The number of allylic oxidation sites excluding steroid dienone is 1. The molecule has 1 aliphatic rings. The van der Waals surface area contributed by atoms with Gasteiger partial charge in [-0.2, -0.15) is 10.1 Å². The van der Waals surface area contributed by atoms with Crippen LogP contribution >= 0.6 is 0 Å². The molecule has 10 heteroatoms. The SMILES string of the molecule is COc1cc(OC)c(C2C(C(=O)Nc3ccccc3)=C(C)Nc3nc(CCCO)nn32)cc1OC. The van der Waals surface area contributed by atoms with Gasteiger partial charge >= 0.3 is 0 Å². The number of nitrogens with one attached hydrogen (secondary N) is 2. The molecular weight excluding hydrogens is 450 g/mol. The number of aryl methyl sites for hydroxylation is 1. The van der Waals surface area contributed by atoms with Crippen molar-refractivity contribution in [2.75, 3.05) is 38.6 Å². The van der Waals surface area contributed by atoms with Crippen molar-refractivity contribution >= 4 is 17.5 Å². The molecule has 3 aromatic rings. The number of aromatic nitrogens is 3. The zero-order valence-electron chi connectivity index (χ0n) is 20.2. The predicted molar refractivity (Wildman–Crippen MR) is 131 cm³/mol. The average molecular weight is 480 g/mol. The van der Waals surface area contributed by atoms with Crippen LogP contribution in [0.25, 0.3) is 0 Å². The number of ether oxygens (including phenoxy) is 3. The molecular formula is C25H29N5O5. The summed E-state index contributed by atoms with van der Waals surface area (Å²) in [5.74, 6) is 2.26. The van der Waals surface area contributed by atoms with Gasteiger partial charge in [-0.1, -0.05) is 18.2 Å². The molecule has 0 spiro atoms. The smallest absolute Gasteiger partial charge is 0.255 e. The van der Waals surface area contributed by atoms with E-state index in [9.17, 15) is 9.90 Å². The zero-order chi connectivity index (χ0) is 24.9. The second-order valence-electron chi connectivity index (χ2n) is 7.96. The van der Waals surface area contributed by atoms with Gasteiger partial charge < -0.3 is 30.0 Å². The summed E-state index contributed by atoms with van der Waals surface area (Å²) in [5.41, 5.74) is 2.41. The molecule has 1 unspecified atom stereocenters. The van der Waals surface area contributed by atoms with Crippen LogP contribution in [-0.4, -0.2) is 53.7 Å². The summed E-state index contributed by atoms with van der Waals surface area (Å²) in [5, 5.41) is 20.1. The van der Waals surface area contributed by atoms with Gasteiger partial charge in [0.1, 0.15) is 11.8 Å². The summed E-state index contributed by atoms with van der Waals surface area (Å²) in [6.45, 7) is 1.86. The van der Waals surface area contributed by atoms with Crippen molar-refractivity contribution in [1.29, 1.82) is 0 Å². The molecule has 0 saturated heterocycles. The summed E-state index contributed by atoms with van der Waals surface area (Å²) in [6.07, 6.45) is 1.03. The third-order valence-electron chi connectivity index (χ3n) is 5.76. The molecule has 1 aliphatic heterocycles. The number of rotatable bonds is 9. The lowest BCUT2D eigenvalue weighted by atomic mass is 9.93. The van der Waals surface area contributed by atoms with Gasteiger partial charge in [-0.15, -0.1) is 0 Å². The van der Waals surface area contributed by atoms with E-state index in [2.05, 4.69) is 20.7 Å². The first kappa shape index (κ1) is 24.1. The molecule has 0 saturated carbocycles. The minimum absolute atomic E-state index is 0.0340. The van der Waals surface area contributed by atoms with Crippen molar-refractivity contribution in [3.63, 3.8) is 0 Å². The minimum atomic E-state index is -0.667. The summed E-state index contributed by atoms with van der Waals surface area (Å²) in [6, 6.07) is 12.1. The van der Waals surface area contributed by atoms with Crippen LogP contribution < -0.4 is 24.8 Å². The highest BCUT2D eigenvalue weighted by atomic mass is 16.5. The molecule has 1 amide bonds. The molecule has 0 fully saturated rings. The van der Waals surface area contributed by atoms with Crippen molar-refractivity contribution < 1.29 is 24.1 Å². The summed E-state index contributed by atoms with van der Waals surface area (Å²) < 4.78 is 18.4. The van der Waals surface area contributed by atoms with Crippen LogP contribution in [0.15, 0.2) is 53.7 Å². The lowest BCUT2D eigenvalue weighted by molar-refractivity contribution is -0.113. The van der Waals surface area contributed by atoms with Crippen LogP contribution in [0.3, 0.4) is 0 Å². The Labute approximate surface area is 203 Å². The molecule has 1 aromatic heterocycles. The number of nitrogens with zero attached hydrogens (tertiary/aromatic N) is 3. The quantitative estimate of drug-likeness (QED) is 0.428. The Kier molecular flexibility index (Phi) is 7.21. The van der Waals surface area contributed by atoms with Crippen LogP contribution in [0.5, 0.6) is 17.2 Å². The van der Waals surface area contributed by atoms with Crippen molar-refractivity contribution in [1.82, 2.24) is 14.8 Å². The molecule has 0 radical (unpaired) electrons. The van der Waals surface area contributed by atoms with Crippen LogP contribution in [0.1, 0.15) is 30.8 Å². The highest BCUT2D eigenvalue weighted by molar-refractivity contribution is 6.06. The minimum Gasteiger partial charge on any atom is -0.496 e. The number of para-hydroxylation sites is 1. The first-order valence-electron chi connectivity index (χ1n) is 11.2. The molecule has 35 heavy (non-hydrogen) atoms. The Morgan fingerprint density at radius 1 is 1.09 bits per heavy atom. The topological polar surface area (TPSA) is 120 Å². The third kappa shape index (κ3) is 4.78. The maximum Gasteiger partial charge on any atom is 0.255 e. The fourth-order valence-electron chi connectivity index (χ4n) is 4.11. The van der Waals surface area contributed by atoms with Gasteiger partial charge in [0.25, 0.3) is 5.91 Å². The Balaban J connectivity index is 1.87. The zero-order valence-corrected chi connectivity index (χ0v) is 20.2. The van der Waals surface area contributed by atoms with Gasteiger partial charge in [-0.05, 0) is 31.5 Å². The van der Waals surface area contributed by atoms with Crippen LogP contribution in [0.4, 0.5) is 11.6 Å². The molecule has 10 nitrogen and oxygen atoms in total. The Hall–Kier alpha value is -4.05. The average Bonchev–Trinajstić information content (AvgIpc) is 3.28. The van der Waals surface area contributed by atoms with E-state index in [0.29, 0.717) is 64.4 Å². The Morgan fingerprint density at radius 3 is 2.43 bits per heavy atom. The fourth-order valence-corrected chi connectivity index (χ4v) is 4.11. The van der Waals surface area contributed by atoms with E-state index in [4.69, 9.17) is 14.2 Å². The van der Waals surface area contributed by atoms with E-state index in [0.717, 1.165) is 0 Å². The van der Waals surface area contributed by atoms with E-state index >= 15 is 0 Å². The second-order valence-corrected chi connectivity index (χ2v) is 7.96. The Bertz CT molecular complexity index is 1240. The van der Waals surface area contributed by atoms with Crippen molar-refractivity contribution in [2.45, 2.75) is 25.8 Å². The Morgan fingerprint density at radius 2 is 1.77 bits per heavy atom. The number of anilines is 2. The van der Waals surface area contributed by atoms with Crippen molar-refractivity contribution in [2.24, 2.45) is 0 Å². The highest BCUT2D eigenvalue weighted by Crippen LogP contribution is 2.44. The van der Waals surface area contributed by atoms with Gasteiger partial charge in [0, 0.05) is 36.0 Å². The third-order valence-corrected chi connectivity index (χ3v) is 5.76. The monoisotopic (exact) mass is 479 g/mol. The van der Waals surface area contributed by atoms with Crippen LogP contribution in [0, 0.1) is 0 Å². The number of hydrogen-bond donors (Lipinski definition) is 3. The van der Waals surface area contributed by atoms with E-state index in [1.165, 1.54) is 0 Å². The number of carbonyl (C=O) groups is 1. The molecule has 4 rings (SSSR count). The number of fused-ring (bicyclic) bond motifs is 1. The molecule has 184 valence electrons. The molecule has 3 N–H and O–H groups in total. The van der Waals surface area contributed by atoms with E-state index in [-0.39, 0.29) is 12.5 Å². The predicted octanol–water partition coefficient (Wildman–Crippen LogP) is 3.16. The van der Waals surface area contributed by atoms with Crippen LogP contribution in [0.2, 0.25) is 0 Å². The summed E-state index contributed by atoms with van der Waals surface area (Å²) in [4.78, 5) is 18.2. The van der Waals surface area contributed by atoms with Gasteiger partial charge in [-0.25, -0.2) is 4.68 Å². The number of carbonyl (C=O) groups excluding carboxylic acids is 1. The van der Waals surface area contributed by atoms with E-state index < -0.39 is 6.04 Å². The van der Waals surface area contributed by atoms with E-state index in [1.807, 2.05) is 37.3 Å². The standard InChI is InChI=1S/C25H29N5O5/c1-15-22(24(32)27-16-9-6-5-7-10-16)23(30-25(26-15)28-21(29-30)11-8-12-31)17-13-19(34-3)20(35-4)14-18(17)33-2/h5-7,9-10,13-14,23,31H,8,11-12H2,1-4H3,(H,27,32)(H,26,28,29). The van der Waals surface area contributed by atoms with Gasteiger partial charge in [-0.3, -0.25) is 4.79 Å². The summed E-state index contributed by atoms with van der Waals surface area (Å²) >= 11 is 0.